The molecule has 1 aliphatic heterocycles. The molecule has 1 aliphatic rings. The molecule has 35 heavy (non-hydrogen) atoms. The van der Waals surface area contributed by atoms with E-state index in [2.05, 4.69) is 16.0 Å². The Labute approximate surface area is 203 Å². The summed E-state index contributed by atoms with van der Waals surface area (Å²) in [4.78, 5) is 25.8. The van der Waals surface area contributed by atoms with E-state index in [4.69, 9.17) is 14.2 Å². The van der Waals surface area contributed by atoms with Crippen LogP contribution in [0.3, 0.4) is 0 Å². The lowest BCUT2D eigenvalue weighted by molar-refractivity contribution is -0.113. The third kappa shape index (κ3) is 5.38. The molecule has 180 valence electrons. The number of nitrogens with one attached hydrogen (secondary N) is 3. The molecule has 1 atom stereocenters. The minimum atomic E-state index is -0.761. The number of para-hydroxylation sites is 1. The third-order valence-electron chi connectivity index (χ3n) is 5.63. The number of methoxy groups -OCH3 is 2. The van der Waals surface area contributed by atoms with E-state index in [1.165, 1.54) is 0 Å². The molecule has 3 amide bonds. The molecule has 8 heteroatoms. The molecule has 3 N–H and O–H groups in total. The van der Waals surface area contributed by atoms with Gasteiger partial charge < -0.3 is 30.2 Å². The van der Waals surface area contributed by atoms with Gasteiger partial charge in [0, 0.05) is 16.9 Å². The molecular weight excluding hydrogens is 446 g/mol. The number of amides is 3. The fourth-order valence-corrected chi connectivity index (χ4v) is 3.91. The van der Waals surface area contributed by atoms with Crippen molar-refractivity contribution in [3.05, 3.63) is 95.2 Å². The first-order chi connectivity index (χ1) is 17.0. The predicted octanol–water partition coefficient (Wildman–Crippen LogP) is 4.55. The van der Waals surface area contributed by atoms with E-state index in [1.54, 1.807) is 57.5 Å². The van der Waals surface area contributed by atoms with Crippen molar-refractivity contribution in [3.63, 3.8) is 0 Å². The van der Waals surface area contributed by atoms with E-state index in [-0.39, 0.29) is 5.91 Å². The van der Waals surface area contributed by atoms with Crippen molar-refractivity contribution in [1.29, 1.82) is 0 Å². The van der Waals surface area contributed by atoms with Gasteiger partial charge in [0.2, 0.25) is 0 Å². The standard InChI is InChI=1S/C27H27N3O5/c1-17-23(26(31)29-19-12-14-20(33-2)15-13-19)24(30-27(32)28-17)21-10-7-11-22(34-3)25(21)35-16-18-8-5-4-6-9-18/h4-15,24H,16H2,1-3H3,(H,29,31)(H2,28,30,32). The van der Waals surface area contributed by atoms with Gasteiger partial charge in [-0.15, -0.1) is 0 Å². The number of anilines is 1. The Bertz CT molecular complexity index is 1240. The van der Waals surface area contributed by atoms with Crippen molar-refractivity contribution < 1.29 is 23.8 Å². The van der Waals surface area contributed by atoms with E-state index < -0.39 is 12.1 Å². The molecule has 0 spiro atoms. The molecular formula is C27H27N3O5. The second kappa shape index (κ2) is 10.6. The number of carbonyl (C=O) groups excluding carboxylic acids is 2. The number of urea groups is 1. The average molecular weight is 474 g/mol. The first kappa shape index (κ1) is 23.7. The molecule has 0 fully saturated rings. The minimum Gasteiger partial charge on any atom is -0.497 e. The molecule has 1 unspecified atom stereocenters. The smallest absolute Gasteiger partial charge is 0.319 e. The summed E-state index contributed by atoms with van der Waals surface area (Å²) in [6.07, 6.45) is 0. The molecule has 0 saturated heterocycles. The Morgan fingerprint density at radius 2 is 1.69 bits per heavy atom. The third-order valence-corrected chi connectivity index (χ3v) is 5.63. The lowest BCUT2D eigenvalue weighted by Gasteiger charge is -2.30. The Kier molecular flexibility index (Phi) is 7.21. The van der Waals surface area contributed by atoms with Crippen molar-refractivity contribution in [2.24, 2.45) is 0 Å². The first-order valence-electron chi connectivity index (χ1n) is 11.1. The summed E-state index contributed by atoms with van der Waals surface area (Å²) in [6.45, 7) is 1.99. The number of allylic oxidation sites excluding steroid dienone is 1. The number of rotatable bonds is 8. The zero-order valence-corrected chi connectivity index (χ0v) is 19.8. The maximum atomic E-state index is 13.4. The van der Waals surface area contributed by atoms with Crippen molar-refractivity contribution in [2.45, 2.75) is 19.6 Å². The average Bonchev–Trinajstić information content (AvgIpc) is 2.87. The molecule has 3 aromatic carbocycles. The highest BCUT2D eigenvalue weighted by molar-refractivity contribution is 6.07. The molecule has 0 saturated carbocycles. The normalized spacial score (nSPS) is 15.1. The fourth-order valence-electron chi connectivity index (χ4n) is 3.91. The molecule has 0 bridgehead atoms. The molecule has 4 rings (SSSR count). The van der Waals surface area contributed by atoms with Crippen LogP contribution >= 0.6 is 0 Å². The highest BCUT2D eigenvalue weighted by atomic mass is 16.5. The van der Waals surface area contributed by atoms with Crippen LogP contribution in [0.5, 0.6) is 17.2 Å². The predicted molar refractivity (Wildman–Crippen MR) is 133 cm³/mol. The zero-order valence-electron chi connectivity index (χ0n) is 19.8. The number of benzene rings is 3. The van der Waals surface area contributed by atoms with Crippen LogP contribution in [0.2, 0.25) is 0 Å². The summed E-state index contributed by atoms with van der Waals surface area (Å²) in [5.41, 5.74) is 2.98. The number of carbonyl (C=O) groups is 2. The van der Waals surface area contributed by atoms with E-state index >= 15 is 0 Å². The Morgan fingerprint density at radius 3 is 2.37 bits per heavy atom. The summed E-state index contributed by atoms with van der Waals surface area (Å²) < 4.78 is 16.9. The van der Waals surface area contributed by atoms with Crippen molar-refractivity contribution >= 4 is 17.6 Å². The molecule has 3 aromatic rings. The van der Waals surface area contributed by atoms with E-state index in [0.717, 1.165) is 5.56 Å². The Balaban J connectivity index is 1.68. The largest absolute Gasteiger partial charge is 0.497 e. The summed E-state index contributed by atoms with van der Waals surface area (Å²) in [5.74, 6) is 1.27. The highest BCUT2D eigenvalue weighted by Crippen LogP contribution is 2.39. The van der Waals surface area contributed by atoms with Crippen molar-refractivity contribution in [2.75, 3.05) is 19.5 Å². The first-order valence-corrected chi connectivity index (χ1v) is 11.1. The van der Waals surface area contributed by atoms with Gasteiger partial charge in [-0.1, -0.05) is 42.5 Å². The number of hydrogen-bond donors (Lipinski definition) is 3. The van der Waals surface area contributed by atoms with Crippen LogP contribution in [0, 0.1) is 0 Å². The lowest BCUT2D eigenvalue weighted by Crippen LogP contribution is -2.46. The van der Waals surface area contributed by atoms with E-state index in [0.29, 0.717) is 46.4 Å². The van der Waals surface area contributed by atoms with Gasteiger partial charge >= 0.3 is 6.03 Å². The van der Waals surface area contributed by atoms with Gasteiger partial charge in [0.25, 0.3) is 5.91 Å². The second-order valence-corrected chi connectivity index (χ2v) is 7.91. The monoisotopic (exact) mass is 473 g/mol. The summed E-state index contributed by atoms with van der Waals surface area (Å²) in [6, 6.07) is 20.9. The van der Waals surface area contributed by atoms with E-state index in [1.807, 2.05) is 36.4 Å². The lowest BCUT2D eigenvalue weighted by atomic mass is 9.93. The van der Waals surface area contributed by atoms with Crippen molar-refractivity contribution in [1.82, 2.24) is 10.6 Å². The van der Waals surface area contributed by atoms with Crippen molar-refractivity contribution in [3.8, 4) is 17.2 Å². The van der Waals surface area contributed by atoms with Gasteiger partial charge in [-0.3, -0.25) is 4.79 Å². The minimum absolute atomic E-state index is 0.295. The van der Waals surface area contributed by atoms with Crippen LogP contribution in [0.4, 0.5) is 10.5 Å². The summed E-state index contributed by atoms with van der Waals surface area (Å²) in [5, 5.41) is 8.46. The van der Waals surface area contributed by atoms with Crippen LogP contribution in [-0.2, 0) is 11.4 Å². The molecule has 0 aromatic heterocycles. The Morgan fingerprint density at radius 1 is 0.943 bits per heavy atom. The molecule has 1 heterocycles. The Hall–Kier alpha value is -4.46. The number of ether oxygens (including phenoxy) is 3. The topological polar surface area (TPSA) is 97.9 Å². The van der Waals surface area contributed by atoms with Gasteiger partial charge in [-0.25, -0.2) is 4.79 Å². The zero-order chi connectivity index (χ0) is 24.8. The highest BCUT2D eigenvalue weighted by Gasteiger charge is 2.34. The quantitative estimate of drug-likeness (QED) is 0.446. The SMILES string of the molecule is COc1ccc(NC(=O)C2=C(C)NC(=O)NC2c2cccc(OC)c2OCc2ccccc2)cc1. The number of hydrogen-bond acceptors (Lipinski definition) is 5. The van der Waals surface area contributed by atoms with Gasteiger partial charge in [0.15, 0.2) is 11.5 Å². The molecule has 8 nitrogen and oxygen atoms in total. The molecule has 0 radical (unpaired) electrons. The van der Waals surface area contributed by atoms with Crippen LogP contribution in [0.25, 0.3) is 0 Å². The second-order valence-electron chi connectivity index (χ2n) is 7.91. The van der Waals surface area contributed by atoms with Crippen LogP contribution in [0.1, 0.15) is 24.1 Å². The fraction of sp³-hybridized carbons (Fsp3) is 0.185. The van der Waals surface area contributed by atoms with Gasteiger partial charge in [0.05, 0.1) is 25.8 Å². The molecule has 0 aliphatic carbocycles. The maximum absolute atomic E-state index is 13.4. The summed E-state index contributed by atoms with van der Waals surface area (Å²) in [7, 11) is 3.13. The summed E-state index contributed by atoms with van der Waals surface area (Å²) >= 11 is 0. The van der Waals surface area contributed by atoms with Crippen LogP contribution in [-0.4, -0.2) is 26.2 Å². The van der Waals surface area contributed by atoms with Crippen LogP contribution < -0.4 is 30.2 Å². The van der Waals surface area contributed by atoms with Crippen LogP contribution in [0.15, 0.2) is 84.1 Å². The van der Waals surface area contributed by atoms with Gasteiger partial charge in [-0.2, -0.15) is 0 Å². The maximum Gasteiger partial charge on any atom is 0.319 e. The van der Waals surface area contributed by atoms with Gasteiger partial charge in [-0.05, 0) is 42.8 Å². The van der Waals surface area contributed by atoms with E-state index in [9.17, 15) is 9.59 Å². The van der Waals surface area contributed by atoms with Gasteiger partial charge in [0.1, 0.15) is 12.4 Å².